The van der Waals surface area contributed by atoms with Crippen LogP contribution in [0.3, 0.4) is 0 Å². The Labute approximate surface area is 163 Å². The highest BCUT2D eigenvalue weighted by atomic mass is 35.5. The Morgan fingerprint density at radius 2 is 1.96 bits per heavy atom. The molecule has 1 N–H and O–H groups in total. The van der Waals surface area contributed by atoms with Crippen molar-refractivity contribution in [3.63, 3.8) is 0 Å². The minimum Gasteiger partial charge on any atom is -0.478 e. The third kappa shape index (κ3) is 4.68. The number of benzene rings is 1. The van der Waals surface area contributed by atoms with Crippen molar-refractivity contribution in [2.24, 2.45) is 0 Å². The van der Waals surface area contributed by atoms with Gasteiger partial charge in [-0.1, -0.05) is 18.2 Å². The number of pyridine rings is 1. The number of ether oxygens (including phenoxy) is 1. The number of aromatic nitrogens is 1. The fraction of sp³-hybridized carbons (Fsp3) is 0.400. The molecule has 1 saturated carbocycles. The van der Waals surface area contributed by atoms with Gasteiger partial charge in [-0.25, -0.2) is 0 Å². The molecule has 1 fully saturated rings. The first-order valence-electron chi connectivity index (χ1n) is 8.63. The lowest BCUT2D eigenvalue weighted by Gasteiger charge is -2.25. The van der Waals surface area contributed by atoms with E-state index in [2.05, 4.69) is 10.3 Å². The number of carbonyl (C=O) groups is 1. The number of halogens is 2. The molecule has 0 radical (unpaired) electrons. The Morgan fingerprint density at radius 1 is 1.27 bits per heavy atom. The van der Waals surface area contributed by atoms with E-state index in [1.54, 1.807) is 20.0 Å². The zero-order chi connectivity index (χ0) is 18.8. The summed E-state index contributed by atoms with van der Waals surface area (Å²) >= 11 is 12.2. The van der Waals surface area contributed by atoms with Gasteiger partial charge in [-0.05, 0) is 50.1 Å². The lowest BCUT2D eigenvalue weighted by molar-refractivity contribution is -0.134. The van der Waals surface area contributed by atoms with Gasteiger partial charge in [0.2, 0.25) is 0 Å². The van der Waals surface area contributed by atoms with Crippen LogP contribution in [-0.2, 0) is 11.2 Å². The molecule has 0 bridgehead atoms. The monoisotopic (exact) mass is 392 g/mol. The summed E-state index contributed by atoms with van der Waals surface area (Å²) in [5.41, 5.74) is 1.05. The van der Waals surface area contributed by atoms with Crippen molar-refractivity contribution in [2.45, 2.75) is 42.5 Å². The summed E-state index contributed by atoms with van der Waals surface area (Å²) < 4.78 is 5.24. The smallest absolute Gasteiger partial charge is 0.263 e. The van der Waals surface area contributed by atoms with Gasteiger partial charge in [-0.3, -0.25) is 9.78 Å². The molecule has 1 aromatic heterocycles. The normalized spacial score (nSPS) is 18.2. The van der Waals surface area contributed by atoms with Gasteiger partial charge in [0.1, 0.15) is 10.1 Å². The summed E-state index contributed by atoms with van der Waals surface area (Å²) in [5.74, 6) is 0.636. The molecule has 138 valence electrons. The van der Waals surface area contributed by atoms with Crippen molar-refractivity contribution in [3.8, 4) is 5.75 Å². The van der Waals surface area contributed by atoms with Gasteiger partial charge >= 0.3 is 0 Å². The maximum absolute atomic E-state index is 12.4. The highest BCUT2D eigenvalue weighted by Crippen LogP contribution is 2.59. The molecule has 1 atom stereocenters. The largest absolute Gasteiger partial charge is 0.478 e. The van der Waals surface area contributed by atoms with Crippen LogP contribution in [0.2, 0.25) is 0 Å². The Hall–Kier alpha value is -1.78. The van der Waals surface area contributed by atoms with Gasteiger partial charge < -0.3 is 10.1 Å². The van der Waals surface area contributed by atoms with Crippen LogP contribution < -0.4 is 10.1 Å². The van der Waals surface area contributed by atoms with Crippen molar-refractivity contribution < 1.29 is 9.53 Å². The molecule has 1 heterocycles. The summed E-state index contributed by atoms with van der Waals surface area (Å²) in [6.45, 7) is 4.01. The van der Waals surface area contributed by atoms with Crippen LogP contribution in [0.5, 0.6) is 5.75 Å². The number of amides is 1. The third-order valence-electron chi connectivity index (χ3n) is 4.42. The van der Waals surface area contributed by atoms with Crippen LogP contribution in [-0.4, -0.2) is 27.4 Å². The fourth-order valence-electron chi connectivity index (χ4n) is 2.75. The van der Waals surface area contributed by atoms with Crippen LogP contribution in [0.1, 0.15) is 37.4 Å². The fourth-order valence-corrected chi connectivity index (χ4v) is 3.31. The minimum absolute atomic E-state index is 0.166. The number of hydrogen-bond donors (Lipinski definition) is 1. The van der Waals surface area contributed by atoms with Gasteiger partial charge in [-0.2, -0.15) is 0 Å². The second-order valence-corrected chi connectivity index (χ2v) is 8.57. The summed E-state index contributed by atoms with van der Waals surface area (Å²) in [5, 5.41) is 2.90. The first-order chi connectivity index (χ1) is 12.3. The van der Waals surface area contributed by atoms with Crippen LogP contribution >= 0.6 is 23.2 Å². The van der Waals surface area contributed by atoms with Gasteiger partial charge in [0.15, 0.2) is 5.60 Å². The number of rotatable bonds is 7. The lowest BCUT2D eigenvalue weighted by Crippen LogP contribution is -2.47. The number of carbonyl (C=O) groups excluding carboxylic acids is 1. The van der Waals surface area contributed by atoms with E-state index >= 15 is 0 Å². The molecule has 6 heteroatoms. The number of hydrogen-bond acceptors (Lipinski definition) is 3. The summed E-state index contributed by atoms with van der Waals surface area (Å²) in [4.78, 5) is 16.7. The number of alkyl halides is 2. The van der Waals surface area contributed by atoms with Crippen molar-refractivity contribution in [2.75, 3.05) is 6.54 Å². The van der Waals surface area contributed by atoms with Gasteiger partial charge in [-0.15, -0.1) is 23.2 Å². The van der Waals surface area contributed by atoms with E-state index < -0.39 is 9.93 Å². The van der Waals surface area contributed by atoms with E-state index in [0.29, 0.717) is 18.7 Å². The third-order valence-corrected chi connectivity index (χ3v) is 5.26. The SMILES string of the molecule is CC(C)(Oc1ccc([C@@H]2CC2(Cl)Cl)cc1)C(=O)NCCc1ccccn1. The summed E-state index contributed by atoms with van der Waals surface area (Å²) in [6.07, 6.45) is 3.19. The molecule has 0 unspecified atom stereocenters. The van der Waals surface area contributed by atoms with Gasteiger partial charge in [0.05, 0.1) is 0 Å². The van der Waals surface area contributed by atoms with Crippen LogP contribution in [0.15, 0.2) is 48.7 Å². The molecule has 3 rings (SSSR count). The second kappa shape index (κ2) is 7.45. The maximum atomic E-state index is 12.4. The van der Waals surface area contributed by atoms with E-state index in [1.165, 1.54) is 0 Å². The molecule has 1 aliphatic rings. The number of nitrogens with one attached hydrogen (secondary N) is 1. The molecule has 1 aliphatic carbocycles. The van der Waals surface area contributed by atoms with E-state index in [-0.39, 0.29) is 11.8 Å². The van der Waals surface area contributed by atoms with Crippen molar-refractivity contribution in [1.29, 1.82) is 0 Å². The van der Waals surface area contributed by atoms with E-state index in [0.717, 1.165) is 17.7 Å². The predicted molar refractivity (Wildman–Crippen MR) is 104 cm³/mol. The summed E-state index contributed by atoms with van der Waals surface area (Å²) in [6, 6.07) is 13.3. The van der Waals surface area contributed by atoms with Crippen molar-refractivity contribution >= 4 is 29.1 Å². The first kappa shape index (κ1) is 19.0. The molecule has 0 spiro atoms. The Kier molecular flexibility index (Phi) is 5.44. The first-order valence-corrected chi connectivity index (χ1v) is 9.38. The average molecular weight is 393 g/mol. The summed E-state index contributed by atoms with van der Waals surface area (Å²) in [7, 11) is 0. The quantitative estimate of drug-likeness (QED) is 0.716. The number of nitrogens with zero attached hydrogens (tertiary/aromatic N) is 1. The maximum Gasteiger partial charge on any atom is 0.263 e. The molecular formula is C20H22Cl2N2O2. The topological polar surface area (TPSA) is 51.2 Å². The Morgan fingerprint density at radius 3 is 2.54 bits per heavy atom. The molecule has 0 aliphatic heterocycles. The second-order valence-electron chi connectivity index (χ2n) is 7.03. The minimum atomic E-state index is -0.978. The molecular weight excluding hydrogens is 371 g/mol. The molecule has 0 saturated heterocycles. The van der Waals surface area contributed by atoms with Gasteiger partial charge in [0, 0.05) is 30.8 Å². The zero-order valence-corrected chi connectivity index (χ0v) is 16.3. The Bertz CT molecular complexity index is 761. The molecule has 4 nitrogen and oxygen atoms in total. The average Bonchev–Trinajstić information content (AvgIpc) is 3.24. The van der Waals surface area contributed by atoms with Crippen LogP contribution in [0.4, 0.5) is 0 Å². The Balaban J connectivity index is 1.51. The predicted octanol–water partition coefficient (Wildman–Crippen LogP) is 4.26. The van der Waals surface area contributed by atoms with E-state index in [1.807, 2.05) is 42.5 Å². The van der Waals surface area contributed by atoms with Gasteiger partial charge in [0.25, 0.3) is 5.91 Å². The van der Waals surface area contributed by atoms with Crippen molar-refractivity contribution in [3.05, 3.63) is 59.9 Å². The van der Waals surface area contributed by atoms with E-state index in [9.17, 15) is 4.79 Å². The lowest BCUT2D eigenvalue weighted by atomic mass is 10.1. The highest BCUT2D eigenvalue weighted by Gasteiger charge is 2.52. The molecule has 26 heavy (non-hydrogen) atoms. The molecule has 1 aromatic carbocycles. The van der Waals surface area contributed by atoms with Crippen LogP contribution in [0.25, 0.3) is 0 Å². The molecule has 1 amide bonds. The molecule has 2 aromatic rings. The van der Waals surface area contributed by atoms with E-state index in [4.69, 9.17) is 27.9 Å². The highest BCUT2D eigenvalue weighted by molar-refractivity contribution is 6.51. The zero-order valence-electron chi connectivity index (χ0n) is 14.8. The van der Waals surface area contributed by atoms with Crippen LogP contribution in [0, 0.1) is 0 Å². The van der Waals surface area contributed by atoms with Crippen molar-refractivity contribution in [1.82, 2.24) is 10.3 Å². The standard InChI is InChI=1S/C20H22Cl2N2O2/c1-19(2,18(25)24-12-10-15-5-3-4-11-23-15)26-16-8-6-14(7-9-16)17-13-20(17,21)22/h3-9,11,17H,10,12-13H2,1-2H3,(H,24,25)/t17-/m0/s1.